The third-order valence-electron chi connectivity index (χ3n) is 3.87. The van der Waals surface area contributed by atoms with Crippen LogP contribution in [0.5, 0.6) is 5.75 Å². The van der Waals surface area contributed by atoms with Crippen molar-refractivity contribution >= 4 is 17.5 Å². The Hall–Kier alpha value is -2.76. The molecule has 0 bridgehead atoms. The van der Waals surface area contributed by atoms with Gasteiger partial charge in [0.05, 0.1) is 12.0 Å². The monoisotopic (exact) mass is 328 g/mol. The number of para-hydroxylation sites is 2. The van der Waals surface area contributed by atoms with Gasteiger partial charge in [0.1, 0.15) is 18.1 Å². The van der Waals surface area contributed by atoms with E-state index in [0.29, 0.717) is 17.9 Å². The zero-order valence-corrected chi connectivity index (χ0v) is 13.7. The Balaban J connectivity index is 1.66. The molecule has 1 aromatic heterocycles. The van der Waals surface area contributed by atoms with E-state index in [1.807, 2.05) is 31.2 Å². The molecule has 0 unspecified atom stereocenters. The van der Waals surface area contributed by atoms with Gasteiger partial charge in [-0.25, -0.2) is 0 Å². The molecule has 1 aliphatic rings. The second-order valence-electron chi connectivity index (χ2n) is 5.90. The van der Waals surface area contributed by atoms with Crippen molar-refractivity contribution in [2.75, 3.05) is 11.4 Å². The summed E-state index contributed by atoms with van der Waals surface area (Å²) in [6.07, 6.45) is 1.60. The highest BCUT2D eigenvalue weighted by atomic mass is 16.5. The van der Waals surface area contributed by atoms with Crippen molar-refractivity contribution in [1.82, 2.24) is 5.32 Å². The average Bonchev–Trinajstić information content (AvgIpc) is 3.04. The highest BCUT2D eigenvalue weighted by Gasteiger charge is 2.32. The number of carbonyl (C=O) groups is 2. The first-order valence-corrected chi connectivity index (χ1v) is 7.93. The van der Waals surface area contributed by atoms with Crippen LogP contribution in [0.2, 0.25) is 0 Å². The number of fused-ring (bicyclic) bond motifs is 1. The van der Waals surface area contributed by atoms with E-state index >= 15 is 0 Å². The topological polar surface area (TPSA) is 71.8 Å². The van der Waals surface area contributed by atoms with E-state index in [-0.39, 0.29) is 24.4 Å². The van der Waals surface area contributed by atoms with Crippen LogP contribution in [0.1, 0.15) is 19.6 Å². The Kier molecular flexibility index (Phi) is 4.55. The van der Waals surface area contributed by atoms with E-state index in [1.54, 1.807) is 25.3 Å². The maximum absolute atomic E-state index is 12.4. The zero-order valence-electron chi connectivity index (χ0n) is 13.7. The minimum absolute atomic E-state index is 0.0357. The molecule has 2 aromatic rings. The molecule has 1 aliphatic heterocycles. The molecule has 6 nitrogen and oxygen atoms in total. The molecular formula is C18H20N2O4. The first-order chi connectivity index (χ1) is 11.5. The van der Waals surface area contributed by atoms with Crippen LogP contribution in [-0.2, 0) is 16.0 Å². The van der Waals surface area contributed by atoms with Gasteiger partial charge in [0.25, 0.3) is 5.91 Å². The van der Waals surface area contributed by atoms with Crippen LogP contribution < -0.4 is 15.0 Å². The van der Waals surface area contributed by atoms with E-state index in [2.05, 4.69) is 5.32 Å². The smallest absolute Gasteiger partial charge is 0.268 e. The molecule has 2 heterocycles. The lowest BCUT2D eigenvalue weighted by Crippen LogP contribution is -2.50. The van der Waals surface area contributed by atoms with Crippen LogP contribution in [-0.4, -0.2) is 30.5 Å². The second-order valence-corrected chi connectivity index (χ2v) is 5.90. The molecule has 2 atom stereocenters. The summed E-state index contributed by atoms with van der Waals surface area (Å²) in [6.45, 7) is 3.55. The van der Waals surface area contributed by atoms with Crippen molar-refractivity contribution in [3.8, 4) is 5.75 Å². The van der Waals surface area contributed by atoms with Gasteiger partial charge in [0.2, 0.25) is 5.91 Å². The molecule has 0 radical (unpaired) electrons. The number of furan rings is 1. The van der Waals surface area contributed by atoms with Crippen molar-refractivity contribution in [3.63, 3.8) is 0 Å². The number of ether oxygens (including phenoxy) is 1. The Labute approximate surface area is 140 Å². The number of amides is 2. The number of nitrogens with zero attached hydrogens (tertiary/aromatic N) is 1. The Morgan fingerprint density at radius 3 is 2.83 bits per heavy atom. The fourth-order valence-corrected chi connectivity index (χ4v) is 2.77. The lowest BCUT2D eigenvalue weighted by atomic mass is 10.1. The van der Waals surface area contributed by atoms with Gasteiger partial charge in [-0.15, -0.1) is 0 Å². The summed E-state index contributed by atoms with van der Waals surface area (Å²) in [5, 5.41) is 2.90. The molecule has 126 valence electrons. The number of hydrogen-bond donors (Lipinski definition) is 1. The standard InChI is InChI=1S/C18H20N2O4/c1-12(10-14-6-5-9-23-14)19-17(21)11-20-15-7-3-4-8-16(15)24-13(2)18(20)22/h3-9,12-13H,10-11H2,1-2H3,(H,19,21)/t12-,13+/m1/s1. The van der Waals surface area contributed by atoms with Gasteiger partial charge in [-0.1, -0.05) is 12.1 Å². The molecule has 0 aliphatic carbocycles. The summed E-state index contributed by atoms with van der Waals surface area (Å²) in [6, 6.07) is 10.8. The van der Waals surface area contributed by atoms with Crippen LogP contribution in [0.3, 0.4) is 0 Å². The van der Waals surface area contributed by atoms with Gasteiger partial charge in [-0.05, 0) is 38.1 Å². The Bertz CT molecular complexity index is 726. The van der Waals surface area contributed by atoms with Crippen molar-refractivity contribution in [3.05, 3.63) is 48.4 Å². The number of anilines is 1. The summed E-state index contributed by atoms with van der Waals surface area (Å²) in [5.74, 6) is 0.985. The van der Waals surface area contributed by atoms with E-state index in [0.717, 1.165) is 5.76 Å². The molecule has 1 aromatic carbocycles. The molecule has 0 saturated carbocycles. The molecule has 3 rings (SSSR count). The Morgan fingerprint density at radius 2 is 2.08 bits per heavy atom. The van der Waals surface area contributed by atoms with E-state index in [9.17, 15) is 9.59 Å². The van der Waals surface area contributed by atoms with Crippen LogP contribution in [0.4, 0.5) is 5.69 Å². The fraction of sp³-hybridized carbons (Fsp3) is 0.333. The normalized spacial score (nSPS) is 17.8. The second kappa shape index (κ2) is 6.78. The minimum Gasteiger partial charge on any atom is -0.479 e. The molecule has 2 amide bonds. The summed E-state index contributed by atoms with van der Waals surface area (Å²) < 4.78 is 10.9. The number of hydrogen-bond acceptors (Lipinski definition) is 4. The summed E-state index contributed by atoms with van der Waals surface area (Å²) in [5.41, 5.74) is 0.620. The highest BCUT2D eigenvalue weighted by Crippen LogP contribution is 2.33. The first kappa shape index (κ1) is 16.1. The van der Waals surface area contributed by atoms with Crippen molar-refractivity contribution in [1.29, 1.82) is 0 Å². The average molecular weight is 328 g/mol. The number of benzene rings is 1. The van der Waals surface area contributed by atoms with Crippen LogP contribution in [0.15, 0.2) is 47.1 Å². The van der Waals surface area contributed by atoms with Crippen molar-refractivity contribution < 1.29 is 18.7 Å². The van der Waals surface area contributed by atoms with Crippen molar-refractivity contribution in [2.24, 2.45) is 0 Å². The quantitative estimate of drug-likeness (QED) is 0.913. The highest BCUT2D eigenvalue weighted by molar-refractivity contribution is 6.03. The van der Waals surface area contributed by atoms with Crippen LogP contribution in [0, 0.1) is 0 Å². The third kappa shape index (κ3) is 3.42. The van der Waals surface area contributed by atoms with Gasteiger partial charge < -0.3 is 14.5 Å². The molecule has 6 heteroatoms. The van der Waals surface area contributed by atoms with Crippen LogP contribution in [0.25, 0.3) is 0 Å². The predicted molar refractivity (Wildman–Crippen MR) is 88.9 cm³/mol. The van der Waals surface area contributed by atoms with E-state index in [1.165, 1.54) is 4.90 Å². The summed E-state index contributed by atoms with van der Waals surface area (Å²) in [7, 11) is 0. The maximum Gasteiger partial charge on any atom is 0.268 e. The van der Waals surface area contributed by atoms with Crippen LogP contribution >= 0.6 is 0 Å². The predicted octanol–water partition coefficient (Wildman–Crippen LogP) is 2.14. The molecule has 24 heavy (non-hydrogen) atoms. The number of carbonyl (C=O) groups excluding carboxylic acids is 2. The number of rotatable bonds is 5. The first-order valence-electron chi connectivity index (χ1n) is 7.93. The SMILES string of the molecule is C[C@H](Cc1ccco1)NC(=O)CN1C(=O)[C@H](C)Oc2ccccc21. The zero-order chi connectivity index (χ0) is 17.1. The van der Waals surface area contributed by atoms with E-state index < -0.39 is 6.10 Å². The minimum atomic E-state index is -0.603. The van der Waals surface area contributed by atoms with Gasteiger partial charge >= 0.3 is 0 Å². The summed E-state index contributed by atoms with van der Waals surface area (Å²) >= 11 is 0. The fourth-order valence-electron chi connectivity index (χ4n) is 2.77. The lowest BCUT2D eigenvalue weighted by Gasteiger charge is -2.32. The molecule has 0 fully saturated rings. The molecule has 0 spiro atoms. The maximum atomic E-state index is 12.4. The van der Waals surface area contributed by atoms with Crippen molar-refractivity contribution in [2.45, 2.75) is 32.4 Å². The van der Waals surface area contributed by atoms with Gasteiger partial charge in [0, 0.05) is 12.5 Å². The molecule has 0 saturated heterocycles. The van der Waals surface area contributed by atoms with E-state index in [4.69, 9.17) is 9.15 Å². The largest absolute Gasteiger partial charge is 0.479 e. The Morgan fingerprint density at radius 1 is 1.29 bits per heavy atom. The summed E-state index contributed by atoms with van der Waals surface area (Å²) in [4.78, 5) is 26.2. The molecular weight excluding hydrogens is 308 g/mol. The molecule has 1 N–H and O–H groups in total. The van der Waals surface area contributed by atoms with Gasteiger partial charge in [-0.2, -0.15) is 0 Å². The lowest BCUT2D eigenvalue weighted by molar-refractivity contribution is -0.128. The third-order valence-corrected chi connectivity index (χ3v) is 3.87. The number of nitrogens with one attached hydrogen (secondary N) is 1. The van der Waals surface area contributed by atoms with Gasteiger partial charge in [-0.3, -0.25) is 14.5 Å². The van der Waals surface area contributed by atoms with Gasteiger partial charge in [0.15, 0.2) is 6.10 Å².